The van der Waals surface area contributed by atoms with Gasteiger partial charge in [-0.15, -0.1) is 5.10 Å². The summed E-state index contributed by atoms with van der Waals surface area (Å²) < 4.78 is 4.55. The Morgan fingerprint density at radius 3 is 2.63 bits per heavy atom. The van der Waals surface area contributed by atoms with Gasteiger partial charge < -0.3 is 5.32 Å². The number of amides is 1. The standard InChI is InChI=1S/C18H17N7O2/c1-12-9-13(7-8-14(12)25-11-19-21-22-25)20-17(26)10-24-16-6-4-3-5-15(16)23(2)18(24)27/h3-9,11H,10H2,1-2H3,(H,20,26). The third-order valence-electron chi connectivity index (χ3n) is 4.43. The Hall–Kier alpha value is -3.75. The van der Waals surface area contributed by atoms with E-state index in [1.165, 1.54) is 15.5 Å². The van der Waals surface area contributed by atoms with Crippen LogP contribution in [0.15, 0.2) is 53.6 Å². The summed E-state index contributed by atoms with van der Waals surface area (Å²) in [5.41, 5.74) is 3.66. The molecule has 2 heterocycles. The predicted octanol–water partition coefficient (Wildman–Crippen LogP) is 1.26. The summed E-state index contributed by atoms with van der Waals surface area (Å²) in [7, 11) is 1.69. The first-order valence-electron chi connectivity index (χ1n) is 8.33. The molecular formula is C18H17N7O2. The molecule has 0 unspecified atom stereocenters. The van der Waals surface area contributed by atoms with Crippen molar-refractivity contribution in [1.29, 1.82) is 0 Å². The van der Waals surface area contributed by atoms with E-state index in [0.717, 1.165) is 22.3 Å². The van der Waals surface area contributed by atoms with Gasteiger partial charge in [-0.25, -0.2) is 9.48 Å². The number of hydrogen-bond donors (Lipinski definition) is 1. The predicted molar refractivity (Wildman–Crippen MR) is 99.7 cm³/mol. The van der Waals surface area contributed by atoms with Gasteiger partial charge in [0.1, 0.15) is 12.9 Å². The Bertz CT molecular complexity index is 1190. The summed E-state index contributed by atoms with van der Waals surface area (Å²) in [6, 6.07) is 12.8. The fourth-order valence-electron chi connectivity index (χ4n) is 3.12. The number of tetrazole rings is 1. The average molecular weight is 363 g/mol. The number of hydrogen-bond acceptors (Lipinski definition) is 5. The minimum absolute atomic E-state index is 0.0615. The molecule has 0 radical (unpaired) electrons. The van der Waals surface area contributed by atoms with E-state index in [-0.39, 0.29) is 18.1 Å². The molecule has 4 aromatic rings. The molecule has 136 valence electrons. The average Bonchev–Trinajstić information content (AvgIpc) is 3.26. The largest absolute Gasteiger partial charge is 0.329 e. The van der Waals surface area contributed by atoms with Crippen LogP contribution < -0.4 is 11.0 Å². The summed E-state index contributed by atoms with van der Waals surface area (Å²) in [6.45, 7) is 1.84. The van der Waals surface area contributed by atoms with Crippen LogP contribution in [-0.2, 0) is 18.4 Å². The van der Waals surface area contributed by atoms with Crippen LogP contribution in [0.1, 0.15) is 5.56 Å². The molecule has 1 amide bonds. The zero-order valence-electron chi connectivity index (χ0n) is 14.8. The second-order valence-corrected chi connectivity index (χ2v) is 6.22. The van der Waals surface area contributed by atoms with E-state index >= 15 is 0 Å². The molecule has 2 aromatic carbocycles. The highest BCUT2D eigenvalue weighted by molar-refractivity contribution is 5.91. The van der Waals surface area contributed by atoms with E-state index in [0.29, 0.717) is 5.69 Å². The van der Waals surface area contributed by atoms with Gasteiger partial charge in [0.05, 0.1) is 16.7 Å². The van der Waals surface area contributed by atoms with E-state index in [2.05, 4.69) is 20.8 Å². The quantitative estimate of drug-likeness (QED) is 0.588. The van der Waals surface area contributed by atoms with Crippen molar-refractivity contribution in [2.24, 2.45) is 7.05 Å². The molecule has 0 fully saturated rings. The third kappa shape index (κ3) is 2.99. The number of nitrogens with zero attached hydrogens (tertiary/aromatic N) is 6. The van der Waals surface area contributed by atoms with E-state index in [4.69, 9.17) is 0 Å². The molecule has 0 aliphatic rings. The van der Waals surface area contributed by atoms with Gasteiger partial charge in [-0.2, -0.15) is 0 Å². The Morgan fingerprint density at radius 2 is 1.93 bits per heavy atom. The number of imidazole rings is 1. The molecule has 0 spiro atoms. The van der Waals surface area contributed by atoms with Crippen molar-refractivity contribution in [2.45, 2.75) is 13.5 Å². The van der Waals surface area contributed by atoms with Crippen molar-refractivity contribution in [2.75, 3.05) is 5.32 Å². The fraction of sp³-hybridized carbons (Fsp3) is 0.167. The van der Waals surface area contributed by atoms with E-state index < -0.39 is 0 Å². The molecule has 0 saturated carbocycles. The van der Waals surface area contributed by atoms with Crippen molar-refractivity contribution in [1.82, 2.24) is 29.3 Å². The maximum absolute atomic E-state index is 12.5. The summed E-state index contributed by atoms with van der Waals surface area (Å²) in [5.74, 6) is -0.275. The van der Waals surface area contributed by atoms with Crippen LogP contribution in [0.5, 0.6) is 0 Å². The second-order valence-electron chi connectivity index (χ2n) is 6.22. The zero-order chi connectivity index (χ0) is 19.0. The number of rotatable bonds is 4. The van der Waals surface area contributed by atoms with Crippen LogP contribution in [0.3, 0.4) is 0 Å². The molecule has 1 N–H and O–H groups in total. The summed E-state index contributed by atoms with van der Waals surface area (Å²) in [4.78, 5) is 24.9. The highest BCUT2D eigenvalue weighted by atomic mass is 16.2. The molecule has 9 heteroatoms. The molecule has 0 aliphatic heterocycles. The van der Waals surface area contributed by atoms with E-state index in [1.807, 2.05) is 43.3 Å². The van der Waals surface area contributed by atoms with Gasteiger partial charge in [-0.1, -0.05) is 12.1 Å². The van der Waals surface area contributed by atoms with Gasteiger partial charge in [0, 0.05) is 12.7 Å². The number of anilines is 1. The minimum Gasteiger partial charge on any atom is -0.325 e. The maximum Gasteiger partial charge on any atom is 0.329 e. The van der Waals surface area contributed by atoms with Crippen LogP contribution in [0, 0.1) is 6.92 Å². The maximum atomic E-state index is 12.5. The number of carbonyl (C=O) groups is 1. The Labute approximate surface area is 153 Å². The Kier molecular flexibility index (Phi) is 4.03. The summed E-state index contributed by atoms with van der Waals surface area (Å²) in [6.07, 6.45) is 1.51. The zero-order valence-corrected chi connectivity index (χ0v) is 14.8. The van der Waals surface area contributed by atoms with E-state index in [1.54, 1.807) is 17.8 Å². The lowest BCUT2D eigenvalue weighted by molar-refractivity contribution is -0.116. The summed E-state index contributed by atoms with van der Waals surface area (Å²) in [5, 5.41) is 13.9. The van der Waals surface area contributed by atoms with Gasteiger partial charge >= 0.3 is 5.69 Å². The highest BCUT2D eigenvalue weighted by Gasteiger charge is 2.13. The van der Waals surface area contributed by atoms with Crippen molar-refractivity contribution in [3.63, 3.8) is 0 Å². The molecule has 0 bridgehead atoms. The van der Waals surface area contributed by atoms with Crippen molar-refractivity contribution >= 4 is 22.6 Å². The lowest BCUT2D eigenvalue weighted by Crippen LogP contribution is -2.28. The van der Waals surface area contributed by atoms with Crippen molar-refractivity contribution < 1.29 is 4.79 Å². The molecular weight excluding hydrogens is 346 g/mol. The normalized spacial score (nSPS) is 11.0. The number of benzene rings is 2. The third-order valence-corrected chi connectivity index (χ3v) is 4.43. The monoisotopic (exact) mass is 363 g/mol. The molecule has 27 heavy (non-hydrogen) atoms. The minimum atomic E-state index is -0.275. The lowest BCUT2D eigenvalue weighted by atomic mass is 10.2. The molecule has 2 aromatic heterocycles. The van der Waals surface area contributed by atoms with E-state index in [9.17, 15) is 9.59 Å². The number of para-hydroxylation sites is 2. The van der Waals surface area contributed by atoms with Crippen LogP contribution in [0.2, 0.25) is 0 Å². The van der Waals surface area contributed by atoms with Crippen LogP contribution in [0.4, 0.5) is 5.69 Å². The summed E-state index contributed by atoms with van der Waals surface area (Å²) >= 11 is 0. The first kappa shape index (κ1) is 16.7. The molecule has 0 atom stereocenters. The smallest absolute Gasteiger partial charge is 0.325 e. The number of carbonyl (C=O) groups excluding carboxylic acids is 1. The van der Waals surface area contributed by atoms with Gasteiger partial charge in [0.15, 0.2) is 0 Å². The Morgan fingerprint density at radius 1 is 1.15 bits per heavy atom. The van der Waals surface area contributed by atoms with Gasteiger partial charge in [-0.3, -0.25) is 13.9 Å². The highest BCUT2D eigenvalue weighted by Crippen LogP contribution is 2.18. The number of aryl methyl sites for hydroxylation is 2. The molecule has 4 rings (SSSR count). The lowest BCUT2D eigenvalue weighted by Gasteiger charge is -2.09. The number of nitrogens with one attached hydrogen (secondary N) is 1. The van der Waals surface area contributed by atoms with Crippen LogP contribution >= 0.6 is 0 Å². The Balaban J connectivity index is 1.56. The van der Waals surface area contributed by atoms with Crippen LogP contribution in [-0.4, -0.2) is 35.2 Å². The molecule has 9 nitrogen and oxygen atoms in total. The van der Waals surface area contributed by atoms with Gasteiger partial charge in [0.25, 0.3) is 0 Å². The second kappa shape index (κ2) is 6.52. The molecule has 0 saturated heterocycles. The topological polar surface area (TPSA) is 99.6 Å². The van der Waals surface area contributed by atoms with Crippen molar-refractivity contribution in [3.05, 3.63) is 64.8 Å². The van der Waals surface area contributed by atoms with Crippen LogP contribution in [0.25, 0.3) is 16.7 Å². The SMILES string of the molecule is Cc1cc(NC(=O)Cn2c(=O)n(C)c3ccccc32)ccc1-n1cnnn1. The number of fused-ring (bicyclic) bond motifs is 1. The van der Waals surface area contributed by atoms with Gasteiger partial charge in [0.2, 0.25) is 5.91 Å². The fourth-order valence-corrected chi connectivity index (χ4v) is 3.12. The molecule has 0 aliphatic carbocycles. The number of aromatic nitrogens is 6. The van der Waals surface area contributed by atoms with Crippen molar-refractivity contribution in [3.8, 4) is 5.69 Å². The first-order valence-corrected chi connectivity index (χ1v) is 8.33. The first-order chi connectivity index (χ1) is 13.0. The van der Waals surface area contributed by atoms with Gasteiger partial charge in [-0.05, 0) is 53.2 Å².